The summed E-state index contributed by atoms with van der Waals surface area (Å²) >= 11 is 3.45. The Labute approximate surface area is 196 Å². The summed E-state index contributed by atoms with van der Waals surface area (Å²) in [4.78, 5) is 32.6. The minimum absolute atomic E-state index is 0.0319. The largest absolute Gasteiger partial charge is 0.362 e. The smallest absolute Gasteiger partial charge is 0.242 e. The van der Waals surface area contributed by atoms with Gasteiger partial charge in [0.1, 0.15) is 0 Å². The molecule has 162 valence electrons. The zero-order valence-corrected chi connectivity index (χ0v) is 19.5. The predicted molar refractivity (Wildman–Crippen MR) is 128 cm³/mol. The number of halogens is 1. The third kappa shape index (κ3) is 2.94. The van der Waals surface area contributed by atoms with Crippen LogP contribution < -0.4 is 4.90 Å². The summed E-state index contributed by atoms with van der Waals surface area (Å²) in [6.07, 6.45) is 3.10. The minimum atomic E-state index is -0.387. The van der Waals surface area contributed by atoms with Crippen LogP contribution in [0.2, 0.25) is 0 Å². The van der Waals surface area contributed by atoms with Gasteiger partial charge in [0, 0.05) is 21.8 Å². The number of aryl methyl sites for hydroxylation is 1. The highest BCUT2D eigenvalue weighted by atomic mass is 79.9. The van der Waals surface area contributed by atoms with Gasteiger partial charge in [-0.05, 0) is 79.5 Å². The van der Waals surface area contributed by atoms with Crippen LogP contribution in [-0.4, -0.2) is 16.8 Å². The number of hydrogen-bond acceptors (Lipinski definition) is 2. The third-order valence-electron chi connectivity index (χ3n) is 7.79. The molecule has 3 aliphatic rings. The van der Waals surface area contributed by atoms with Crippen molar-refractivity contribution in [2.24, 2.45) is 11.8 Å². The Morgan fingerprint density at radius 1 is 0.969 bits per heavy atom. The number of aromatic amines is 1. The summed E-state index contributed by atoms with van der Waals surface area (Å²) in [5.74, 6) is 0.119. The highest BCUT2D eigenvalue weighted by Crippen LogP contribution is 2.58. The molecule has 2 heterocycles. The Bertz CT molecular complexity index is 1200. The van der Waals surface area contributed by atoms with Gasteiger partial charge >= 0.3 is 0 Å². The fourth-order valence-electron chi connectivity index (χ4n) is 6.48. The van der Waals surface area contributed by atoms with Crippen LogP contribution in [0.3, 0.4) is 0 Å². The first kappa shape index (κ1) is 20.0. The van der Waals surface area contributed by atoms with E-state index in [0.717, 1.165) is 35.0 Å². The van der Waals surface area contributed by atoms with E-state index in [1.165, 1.54) is 16.2 Å². The predicted octanol–water partition coefficient (Wildman–Crippen LogP) is 6.04. The molecule has 3 aromatic rings. The number of nitrogens with zero attached hydrogens (tertiary/aromatic N) is 1. The Kier molecular flexibility index (Phi) is 4.65. The number of hydrogen-bond donors (Lipinski definition) is 1. The van der Waals surface area contributed by atoms with Gasteiger partial charge in [-0.1, -0.05) is 46.3 Å². The molecule has 1 unspecified atom stereocenters. The summed E-state index contributed by atoms with van der Waals surface area (Å²) in [6.45, 7) is 2.05. The zero-order chi connectivity index (χ0) is 22.0. The summed E-state index contributed by atoms with van der Waals surface area (Å²) < 4.78 is 0.930. The molecule has 0 bridgehead atoms. The molecule has 32 heavy (non-hydrogen) atoms. The fraction of sp³-hybridized carbons (Fsp3) is 0.333. The van der Waals surface area contributed by atoms with Gasteiger partial charge in [0.2, 0.25) is 11.8 Å². The Balaban J connectivity index is 1.44. The number of carbonyl (C=O) groups is 2. The fourth-order valence-corrected chi connectivity index (χ4v) is 6.74. The molecule has 2 aromatic carbocycles. The van der Waals surface area contributed by atoms with Crippen molar-refractivity contribution in [2.75, 3.05) is 4.90 Å². The number of imide groups is 1. The van der Waals surface area contributed by atoms with Crippen LogP contribution in [0.15, 0.2) is 65.1 Å². The number of benzene rings is 2. The first-order valence-corrected chi connectivity index (χ1v) is 12.2. The quantitative estimate of drug-likeness (QED) is 0.447. The second-order valence-electron chi connectivity index (χ2n) is 9.50. The molecule has 1 saturated heterocycles. The van der Waals surface area contributed by atoms with Crippen molar-refractivity contribution in [3.8, 4) is 0 Å². The van der Waals surface area contributed by atoms with E-state index in [2.05, 4.69) is 57.3 Å². The lowest BCUT2D eigenvalue weighted by molar-refractivity contribution is -0.123. The molecule has 1 aromatic heterocycles. The monoisotopic (exact) mass is 488 g/mol. The van der Waals surface area contributed by atoms with Crippen LogP contribution in [-0.2, 0) is 9.59 Å². The van der Waals surface area contributed by atoms with Crippen molar-refractivity contribution < 1.29 is 9.59 Å². The van der Waals surface area contributed by atoms with E-state index in [1.807, 2.05) is 31.2 Å². The van der Waals surface area contributed by atoms with E-state index < -0.39 is 0 Å². The van der Waals surface area contributed by atoms with Crippen LogP contribution in [0.1, 0.15) is 59.5 Å². The van der Waals surface area contributed by atoms with Crippen LogP contribution in [0, 0.1) is 18.8 Å². The lowest BCUT2D eigenvalue weighted by atomic mass is 9.59. The first-order chi connectivity index (χ1) is 15.5. The minimum Gasteiger partial charge on any atom is -0.362 e. The van der Waals surface area contributed by atoms with Crippen molar-refractivity contribution in [2.45, 2.75) is 43.9 Å². The standard InChI is InChI=1S/C27H25BrN2O2/c1-15-13-22-24-23(26(31)30(27(24)32)19-10-8-18(28)9-11-19)21-14-17(16-5-3-2-4-6-16)7-12-20(21)25(22)29-15/h2-6,8-11,13,17,20-21,23-24,29H,7,12,14H2,1H3/t17?,20-,21+,23+,24-/m1/s1. The maximum absolute atomic E-state index is 13.8. The molecular weight excluding hydrogens is 464 g/mol. The highest BCUT2D eigenvalue weighted by Gasteiger charge is 2.58. The van der Waals surface area contributed by atoms with E-state index in [4.69, 9.17) is 0 Å². The van der Waals surface area contributed by atoms with Crippen molar-refractivity contribution in [3.63, 3.8) is 0 Å². The second-order valence-corrected chi connectivity index (χ2v) is 10.4. The number of carbonyl (C=O) groups excluding carboxylic acids is 2. The highest BCUT2D eigenvalue weighted by molar-refractivity contribution is 9.10. The van der Waals surface area contributed by atoms with E-state index >= 15 is 0 Å². The lowest BCUT2D eigenvalue weighted by Crippen LogP contribution is -2.39. The molecule has 5 heteroatoms. The Hall–Kier alpha value is -2.66. The van der Waals surface area contributed by atoms with Crippen molar-refractivity contribution in [1.29, 1.82) is 0 Å². The molecule has 0 radical (unpaired) electrons. The normalized spacial score (nSPS) is 28.9. The van der Waals surface area contributed by atoms with Crippen molar-refractivity contribution in [1.82, 2.24) is 4.98 Å². The molecule has 1 N–H and O–H groups in total. The molecule has 2 fully saturated rings. The third-order valence-corrected chi connectivity index (χ3v) is 8.32. The molecule has 5 atom stereocenters. The van der Waals surface area contributed by atoms with Crippen molar-refractivity contribution >= 4 is 33.4 Å². The lowest BCUT2D eigenvalue weighted by Gasteiger charge is -2.43. The van der Waals surface area contributed by atoms with Gasteiger partial charge in [-0.15, -0.1) is 0 Å². The van der Waals surface area contributed by atoms with E-state index in [0.29, 0.717) is 17.5 Å². The van der Waals surface area contributed by atoms with Gasteiger partial charge in [0.05, 0.1) is 17.5 Å². The summed E-state index contributed by atoms with van der Waals surface area (Å²) in [6, 6.07) is 20.2. The summed E-state index contributed by atoms with van der Waals surface area (Å²) in [5, 5.41) is 0. The van der Waals surface area contributed by atoms with Gasteiger partial charge in [-0.25, -0.2) is 4.90 Å². The van der Waals surface area contributed by atoms with Gasteiger partial charge in [-0.3, -0.25) is 9.59 Å². The first-order valence-electron chi connectivity index (χ1n) is 11.4. The second kappa shape index (κ2) is 7.45. The Morgan fingerprint density at radius 2 is 1.72 bits per heavy atom. The topological polar surface area (TPSA) is 53.2 Å². The number of rotatable bonds is 2. The molecule has 0 spiro atoms. The number of aromatic nitrogens is 1. The molecule has 2 aliphatic carbocycles. The average Bonchev–Trinajstić information content (AvgIpc) is 3.32. The SMILES string of the molecule is Cc1cc2c([nH]1)[C@@H]1CCC(c3ccccc3)C[C@@H]1[C@@H]1C(=O)N(c3ccc(Br)cc3)C(=O)[C@H]21. The summed E-state index contributed by atoms with van der Waals surface area (Å²) in [5.41, 5.74) is 5.32. The number of H-pyrrole nitrogens is 1. The van der Waals surface area contributed by atoms with Crippen LogP contribution >= 0.6 is 15.9 Å². The number of anilines is 1. The molecular formula is C27H25BrN2O2. The van der Waals surface area contributed by atoms with E-state index in [1.54, 1.807) is 0 Å². The summed E-state index contributed by atoms with van der Waals surface area (Å²) in [7, 11) is 0. The molecule has 1 aliphatic heterocycles. The van der Waals surface area contributed by atoms with Gasteiger partial charge in [0.15, 0.2) is 0 Å². The maximum Gasteiger partial charge on any atom is 0.242 e. The van der Waals surface area contributed by atoms with Crippen LogP contribution in [0.25, 0.3) is 0 Å². The number of nitrogens with one attached hydrogen (secondary N) is 1. The van der Waals surface area contributed by atoms with E-state index in [9.17, 15) is 9.59 Å². The molecule has 4 nitrogen and oxygen atoms in total. The van der Waals surface area contributed by atoms with Crippen LogP contribution in [0.5, 0.6) is 0 Å². The zero-order valence-electron chi connectivity index (χ0n) is 17.9. The molecule has 2 amide bonds. The van der Waals surface area contributed by atoms with Crippen molar-refractivity contribution in [3.05, 3.63) is 87.7 Å². The van der Waals surface area contributed by atoms with Crippen LogP contribution in [0.4, 0.5) is 5.69 Å². The number of amides is 2. The average molecular weight is 489 g/mol. The molecule has 6 rings (SSSR count). The van der Waals surface area contributed by atoms with Gasteiger partial charge in [0.25, 0.3) is 0 Å². The maximum atomic E-state index is 13.8. The molecule has 1 saturated carbocycles. The van der Waals surface area contributed by atoms with E-state index in [-0.39, 0.29) is 29.6 Å². The number of fused-ring (bicyclic) bond motifs is 6. The van der Waals surface area contributed by atoms with Gasteiger partial charge < -0.3 is 4.98 Å². The van der Waals surface area contributed by atoms with Gasteiger partial charge in [-0.2, -0.15) is 0 Å². The Morgan fingerprint density at radius 3 is 2.47 bits per heavy atom.